The lowest BCUT2D eigenvalue weighted by Gasteiger charge is -2.06. The Morgan fingerprint density at radius 1 is 1.15 bits per heavy atom. The summed E-state index contributed by atoms with van der Waals surface area (Å²) in [7, 11) is 0. The molecule has 1 aromatic carbocycles. The number of aromatic nitrogens is 2. The Labute approximate surface area is 152 Å². The molecule has 9 nitrogen and oxygen atoms in total. The van der Waals surface area contributed by atoms with E-state index in [4.69, 9.17) is 0 Å². The highest BCUT2D eigenvalue weighted by atomic mass is 32.2. The Morgan fingerprint density at radius 3 is 2.58 bits per heavy atom. The van der Waals surface area contributed by atoms with Gasteiger partial charge in [-0.05, 0) is 31.0 Å². The Bertz CT molecular complexity index is 839. The Hall–Kier alpha value is -3.01. The topological polar surface area (TPSA) is 127 Å². The van der Waals surface area contributed by atoms with Gasteiger partial charge in [0, 0.05) is 12.0 Å². The monoisotopic (exact) mass is 373 g/mol. The molecule has 2 amide bonds. The van der Waals surface area contributed by atoms with Crippen molar-refractivity contribution in [1.29, 1.82) is 0 Å². The van der Waals surface area contributed by atoms with E-state index in [0.29, 0.717) is 10.8 Å². The van der Waals surface area contributed by atoms with E-state index in [1.165, 1.54) is 18.2 Å². The van der Waals surface area contributed by atoms with E-state index in [1.54, 1.807) is 18.2 Å². The zero-order chi connectivity index (χ0) is 18.5. The summed E-state index contributed by atoms with van der Waals surface area (Å²) in [5.41, 5.74) is -0.0197. The van der Waals surface area contributed by atoms with Crippen LogP contribution < -0.4 is 10.6 Å². The molecule has 1 fully saturated rings. The second-order valence-electron chi connectivity index (χ2n) is 5.63. The van der Waals surface area contributed by atoms with Crippen molar-refractivity contribution in [1.82, 2.24) is 10.2 Å². The van der Waals surface area contributed by atoms with Gasteiger partial charge in [-0.1, -0.05) is 23.9 Å². The van der Waals surface area contributed by atoms with Crippen molar-refractivity contribution >= 4 is 40.8 Å². The summed E-state index contributed by atoms with van der Waals surface area (Å²) < 4.78 is 0. The molecule has 134 valence electrons. The van der Waals surface area contributed by atoms with E-state index in [0.717, 1.165) is 24.6 Å². The second kappa shape index (κ2) is 7.91. The summed E-state index contributed by atoms with van der Waals surface area (Å²) in [5, 5.41) is 24.5. The number of hydrogen-bond acceptors (Lipinski definition) is 7. The summed E-state index contributed by atoms with van der Waals surface area (Å²) in [4.78, 5) is 34.0. The number of amides is 2. The molecule has 0 aliphatic heterocycles. The molecule has 1 aliphatic rings. The molecule has 1 aromatic heterocycles. The van der Waals surface area contributed by atoms with Crippen LogP contribution in [0.1, 0.15) is 12.8 Å². The number of nitrogens with one attached hydrogen (secondary N) is 2. The minimum Gasteiger partial charge on any atom is -0.320 e. The molecule has 0 radical (unpaired) electrons. The minimum atomic E-state index is -0.553. The fraction of sp³-hybridized carbons (Fsp3) is 0.250. The molecule has 0 atom stereocenters. The Kier molecular flexibility index (Phi) is 5.42. The summed E-state index contributed by atoms with van der Waals surface area (Å²) in [5.74, 6) is 0.0297. The van der Waals surface area contributed by atoms with Gasteiger partial charge in [-0.3, -0.25) is 19.7 Å². The van der Waals surface area contributed by atoms with E-state index >= 15 is 0 Å². The number of nitro benzene ring substituents is 1. The van der Waals surface area contributed by atoms with E-state index in [1.807, 2.05) is 0 Å². The number of nitrogens with zero attached hydrogens (tertiary/aromatic N) is 3. The van der Waals surface area contributed by atoms with E-state index < -0.39 is 10.8 Å². The van der Waals surface area contributed by atoms with Crippen molar-refractivity contribution in [2.45, 2.75) is 17.9 Å². The second-order valence-corrected chi connectivity index (χ2v) is 6.63. The lowest BCUT2D eigenvalue weighted by atomic mass is 10.2. The number of carbonyl (C=O) groups excluding carboxylic acids is 2. The zero-order valence-corrected chi connectivity index (χ0v) is 14.4. The highest BCUT2D eigenvalue weighted by molar-refractivity contribution is 7.99. The summed E-state index contributed by atoms with van der Waals surface area (Å²) in [6.07, 6.45) is 1.81. The average molecular weight is 373 g/mol. The normalized spacial score (nSPS) is 13.1. The van der Waals surface area contributed by atoms with E-state index in [9.17, 15) is 19.7 Å². The molecular formula is C16H15N5O4S. The molecule has 26 heavy (non-hydrogen) atoms. The van der Waals surface area contributed by atoms with Gasteiger partial charge in [0.15, 0.2) is 5.82 Å². The summed E-state index contributed by atoms with van der Waals surface area (Å²) in [6, 6.07) is 9.20. The molecular weight excluding hydrogens is 358 g/mol. The van der Waals surface area contributed by atoms with Crippen molar-refractivity contribution < 1.29 is 14.5 Å². The molecule has 1 aliphatic carbocycles. The molecule has 0 spiro atoms. The van der Waals surface area contributed by atoms with Crippen molar-refractivity contribution in [3.63, 3.8) is 0 Å². The van der Waals surface area contributed by atoms with Gasteiger partial charge in [0.25, 0.3) is 5.69 Å². The number of hydrogen-bond donors (Lipinski definition) is 2. The molecule has 2 N–H and O–H groups in total. The van der Waals surface area contributed by atoms with Crippen LogP contribution in [-0.2, 0) is 9.59 Å². The van der Waals surface area contributed by atoms with Gasteiger partial charge in [-0.25, -0.2) is 0 Å². The van der Waals surface area contributed by atoms with Gasteiger partial charge >= 0.3 is 0 Å². The molecule has 3 rings (SSSR count). The smallest absolute Gasteiger partial charge is 0.292 e. The maximum Gasteiger partial charge on any atom is 0.292 e. The Balaban J connectivity index is 1.51. The van der Waals surface area contributed by atoms with Crippen LogP contribution >= 0.6 is 11.8 Å². The third kappa shape index (κ3) is 4.76. The van der Waals surface area contributed by atoms with Gasteiger partial charge in [0.1, 0.15) is 10.7 Å². The standard InChI is InChI=1S/C16H15N5O4S/c22-14(17-11-3-1-2-4-12(11)21(24)25)9-26-15-8-7-13(19-20-15)18-16(23)10-5-6-10/h1-4,7-8,10H,5-6,9H2,(H,17,22)(H,18,19,23). The van der Waals surface area contributed by atoms with Crippen molar-refractivity contribution in [3.8, 4) is 0 Å². The van der Waals surface area contributed by atoms with Crippen LogP contribution in [0.15, 0.2) is 41.4 Å². The fourth-order valence-corrected chi connectivity index (χ4v) is 2.72. The maximum atomic E-state index is 12.0. The first-order valence-electron chi connectivity index (χ1n) is 7.83. The average Bonchev–Trinajstić information content (AvgIpc) is 3.46. The van der Waals surface area contributed by atoms with Crippen molar-refractivity contribution in [2.24, 2.45) is 5.92 Å². The quantitative estimate of drug-likeness (QED) is 0.433. The Morgan fingerprint density at radius 2 is 1.92 bits per heavy atom. The van der Waals surface area contributed by atoms with Crippen LogP contribution in [0.5, 0.6) is 0 Å². The predicted molar refractivity (Wildman–Crippen MR) is 95.8 cm³/mol. The van der Waals surface area contributed by atoms with Crippen LogP contribution in [0.2, 0.25) is 0 Å². The molecule has 0 saturated heterocycles. The number of rotatable bonds is 7. The first kappa shape index (κ1) is 17.8. The number of anilines is 2. The van der Waals surface area contributed by atoms with Gasteiger partial charge in [0.05, 0.1) is 10.7 Å². The fourth-order valence-electron chi connectivity index (χ4n) is 2.10. The molecule has 0 unspecified atom stereocenters. The largest absolute Gasteiger partial charge is 0.320 e. The van der Waals surface area contributed by atoms with Crippen LogP contribution in [0.3, 0.4) is 0 Å². The molecule has 2 aromatic rings. The molecule has 0 bridgehead atoms. The third-order valence-corrected chi connectivity index (χ3v) is 4.49. The number of benzene rings is 1. The summed E-state index contributed by atoms with van der Waals surface area (Å²) in [6.45, 7) is 0. The van der Waals surface area contributed by atoms with Gasteiger partial charge in [0.2, 0.25) is 11.8 Å². The SMILES string of the molecule is O=C(CSc1ccc(NC(=O)C2CC2)nn1)Nc1ccccc1[N+](=O)[O-]. The molecule has 10 heteroatoms. The lowest BCUT2D eigenvalue weighted by Crippen LogP contribution is -2.16. The molecule has 1 saturated carbocycles. The number of para-hydroxylation sites is 2. The van der Waals surface area contributed by atoms with Gasteiger partial charge < -0.3 is 10.6 Å². The lowest BCUT2D eigenvalue weighted by molar-refractivity contribution is -0.383. The number of nitro groups is 1. The zero-order valence-electron chi connectivity index (χ0n) is 13.5. The highest BCUT2D eigenvalue weighted by Crippen LogP contribution is 2.30. The van der Waals surface area contributed by atoms with Gasteiger partial charge in [-0.15, -0.1) is 10.2 Å². The molecule has 1 heterocycles. The van der Waals surface area contributed by atoms with Crippen LogP contribution in [0.25, 0.3) is 0 Å². The predicted octanol–water partition coefficient (Wildman–Crippen LogP) is 2.46. The van der Waals surface area contributed by atoms with Gasteiger partial charge in [-0.2, -0.15) is 0 Å². The van der Waals surface area contributed by atoms with Crippen LogP contribution in [0, 0.1) is 16.0 Å². The van der Waals surface area contributed by atoms with Crippen LogP contribution in [0.4, 0.5) is 17.2 Å². The first-order chi connectivity index (χ1) is 12.5. The van der Waals surface area contributed by atoms with Crippen LogP contribution in [-0.4, -0.2) is 32.7 Å². The van der Waals surface area contributed by atoms with E-state index in [2.05, 4.69) is 20.8 Å². The summed E-state index contributed by atoms with van der Waals surface area (Å²) >= 11 is 1.14. The van der Waals surface area contributed by atoms with Crippen molar-refractivity contribution in [3.05, 3.63) is 46.5 Å². The first-order valence-corrected chi connectivity index (χ1v) is 8.82. The van der Waals surface area contributed by atoms with Crippen molar-refractivity contribution in [2.75, 3.05) is 16.4 Å². The number of carbonyl (C=O) groups is 2. The number of thioether (sulfide) groups is 1. The third-order valence-electron chi connectivity index (χ3n) is 3.57. The highest BCUT2D eigenvalue weighted by Gasteiger charge is 2.29. The maximum absolute atomic E-state index is 12.0. The van der Waals surface area contributed by atoms with E-state index in [-0.39, 0.29) is 29.0 Å². The minimum absolute atomic E-state index is 0.0223.